The number of oxazole rings is 1. The van der Waals surface area contributed by atoms with Gasteiger partial charge >= 0.3 is 6.09 Å². The average molecular weight is 847 g/mol. The first-order chi connectivity index (χ1) is 30.8. The number of methoxy groups -OCH3 is 1. The predicted molar refractivity (Wildman–Crippen MR) is 237 cm³/mol. The van der Waals surface area contributed by atoms with Gasteiger partial charge in [0.2, 0.25) is 11.8 Å². The van der Waals surface area contributed by atoms with Crippen molar-refractivity contribution < 1.29 is 23.5 Å². The number of likely N-dealkylation sites (N-methyl/N-ethyl adjacent to an activating group) is 1. The first-order valence-electron chi connectivity index (χ1n) is 21.8. The summed E-state index contributed by atoms with van der Waals surface area (Å²) in [5.41, 5.74) is 6.38. The Morgan fingerprint density at radius 1 is 0.746 bits per heavy atom. The first-order valence-corrected chi connectivity index (χ1v) is 21.8. The Labute approximate surface area is 364 Å². The highest BCUT2D eigenvalue weighted by atomic mass is 16.5. The highest BCUT2D eigenvalue weighted by molar-refractivity contribution is 5.91. The summed E-state index contributed by atoms with van der Waals surface area (Å²) in [4.78, 5) is 71.3. The number of rotatable bonds is 10. The van der Waals surface area contributed by atoms with Crippen LogP contribution in [0.25, 0.3) is 44.8 Å². The summed E-state index contributed by atoms with van der Waals surface area (Å²) in [7, 11) is 3.41. The molecule has 3 fully saturated rings. The van der Waals surface area contributed by atoms with E-state index in [0.29, 0.717) is 36.1 Å². The predicted octanol–water partition coefficient (Wildman–Crippen LogP) is 7.17. The fourth-order valence-corrected chi connectivity index (χ4v) is 9.54. The van der Waals surface area contributed by atoms with Crippen molar-refractivity contribution in [2.75, 3.05) is 53.4 Å². The quantitative estimate of drug-likeness (QED) is 0.128. The van der Waals surface area contributed by atoms with Crippen molar-refractivity contribution in [1.29, 1.82) is 0 Å². The number of ether oxygens (including phenoxy) is 1. The van der Waals surface area contributed by atoms with Crippen molar-refractivity contribution in [2.24, 2.45) is 0 Å². The van der Waals surface area contributed by atoms with Gasteiger partial charge in [0.15, 0.2) is 5.76 Å². The Morgan fingerprint density at radius 2 is 1.41 bits per heavy atom. The maximum Gasteiger partial charge on any atom is 0.407 e. The van der Waals surface area contributed by atoms with Gasteiger partial charge in [0.25, 0.3) is 5.91 Å². The van der Waals surface area contributed by atoms with Crippen LogP contribution in [0, 0.1) is 0 Å². The van der Waals surface area contributed by atoms with Gasteiger partial charge in [0, 0.05) is 44.8 Å². The number of imidazole rings is 2. The van der Waals surface area contributed by atoms with E-state index in [2.05, 4.69) is 44.3 Å². The Kier molecular flexibility index (Phi) is 10.9. The van der Waals surface area contributed by atoms with Crippen LogP contribution < -0.4 is 5.32 Å². The number of H-pyrrole nitrogens is 2. The number of piperazine rings is 1. The molecule has 4 aromatic carbocycles. The number of nitrogens with one attached hydrogen (secondary N) is 3. The van der Waals surface area contributed by atoms with Crippen molar-refractivity contribution in [3.05, 3.63) is 126 Å². The van der Waals surface area contributed by atoms with E-state index in [1.165, 1.54) is 7.11 Å². The molecule has 15 nitrogen and oxygen atoms in total. The zero-order valence-electron chi connectivity index (χ0n) is 35.4. The van der Waals surface area contributed by atoms with Gasteiger partial charge < -0.3 is 39.1 Å². The fourth-order valence-electron chi connectivity index (χ4n) is 9.54. The summed E-state index contributed by atoms with van der Waals surface area (Å²) in [5, 5.41) is 2.73. The molecule has 15 heteroatoms. The molecule has 10 rings (SSSR count). The molecule has 3 aliphatic rings. The second-order valence-corrected chi connectivity index (χ2v) is 16.7. The van der Waals surface area contributed by atoms with Gasteiger partial charge in [-0.2, -0.15) is 0 Å². The maximum atomic E-state index is 14.6. The third kappa shape index (κ3) is 7.82. The topological polar surface area (TPSA) is 169 Å². The van der Waals surface area contributed by atoms with E-state index in [1.807, 2.05) is 89.8 Å². The second-order valence-electron chi connectivity index (χ2n) is 16.7. The number of nitrogens with zero attached hydrogens (tertiary/aromatic N) is 7. The molecule has 4 atom stereocenters. The van der Waals surface area contributed by atoms with E-state index in [4.69, 9.17) is 24.1 Å². The Bertz CT molecular complexity index is 2760. The molecule has 6 heterocycles. The molecular formula is C48H50N10O5. The van der Waals surface area contributed by atoms with E-state index in [9.17, 15) is 14.4 Å². The van der Waals surface area contributed by atoms with Crippen LogP contribution in [-0.2, 0) is 14.3 Å². The van der Waals surface area contributed by atoms with Crippen LogP contribution in [0.4, 0.5) is 4.79 Å². The molecule has 0 bridgehead atoms. The van der Waals surface area contributed by atoms with Crippen molar-refractivity contribution in [2.45, 2.75) is 49.9 Å². The van der Waals surface area contributed by atoms with Crippen molar-refractivity contribution in [1.82, 2.24) is 49.8 Å². The number of benzene rings is 4. The lowest BCUT2D eigenvalue weighted by atomic mass is 10.0. The molecule has 63 heavy (non-hydrogen) atoms. The zero-order chi connectivity index (χ0) is 43.0. The molecule has 3 saturated heterocycles. The molecule has 0 spiro atoms. The molecule has 0 unspecified atom stereocenters. The summed E-state index contributed by atoms with van der Waals surface area (Å²) in [6.45, 7) is 4.72. The minimum Gasteiger partial charge on any atom is -0.453 e. The highest BCUT2D eigenvalue weighted by Gasteiger charge is 2.40. The van der Waals surface area contributed by atoms with Crippen LogP contribution in [0.2, 0.25) is 0 Å². The van der Waals surface area contributed by atoms with Crippen molar-refractivity contribution in [3.8, 4) is 22.8 Å². The number of para-hydroxylation sites is 1. The summed E-state index contributed by atoms with van der Waals surface area (Å²) in [6.07, 6.45) is 4.28. The molecule has 0 aliphatic carbocycles. The standard InChI is InChI=1S/C48H50N10O5/c1-55-24-26-56(27-25-55)42(31-14-7-4-8-15-31)47(60)58-23-11-19-38(58)44-51-35-17-9-16-33(41(35)53-44)45-49-29-39(63-45)32-20-21-34-36(28-32)52-43(50-34)37-18-10-22-57(37)46(59)40(54-48(61)62-2)30-12-5-3-6-13-30/h3-9,12-17,20-21,28-29,37-38,40,42H,10-11,18-19,22-27H2,1-2H3,(H,50,52)(H,51,53)(H,54,61)/t37-,38-,40+,42+/m0/s1. The van der Waals surface area contributed by atoms with Crippen LogP contribution >= 0.6 is 0 Å². The van der Waals surface area contributed by atoms with Gasteiger partial charge in [-0.25, -0.2) is 19.7 Å². The van der Waals surface area contributed by atoms with Gasteiger partial charge in [-0.1, -0.05) is 66.7 Å². The third-order valence-corrected chi connectivity index (χ3v) is 12.8. The SMILES string of the molecule is COC(=O)N[C@@H](C(=O)N1CCC[C@H]1c1nc2cc(-c3cnc(-c4cccc5[nH]c([C@@H]6CCCN6C(=O)[C@@H](c6ccccc6)N6CCN(C)CC6)nc45)o3)ccc2[nH]1)c1ccccc1. The Hall–Kier alpha value is -6.84. The van der Waals surface area contributed by atoms with Gasteiger partial charge in [0.05, 0.1) is 47.5 Å². The number of carbonyl (C=O) groups excluding carboxylic acids is 3. The fraction of sp³-hybridized carbons (Fsp3) is 0.333. The number of likely N-dealkylation sites (tertiary alicyclic amines) is 2. The molecule has 3 aromatic heterocycles. The van der Waals surface area contributed by atoms with E-state index in [0.717, 1.165) is 96.4 Å². The molecule has 3 amide bonds. The smallest absolute Gasteiger partial charge is 0.407 e. The molecule has 7 aromatic rings. The van der Waals surface area contributed by atoms with Crippen LogP contribution in [0.15, 0.2) is 108 Å². The number of aromatic amines is 2. The largest absolute Gasteiger partial charge is 0.453 e. The number of alkyl carbamates (subject to hydrolysis) is 1. The molecular weight excluding hydrogens is 797 g/mol. The molecule has 322 valence electrons. The lowest BCUT2D eigenvalue weighted by molar-refractivity contribution is -0.139. The summed E-state index contributed by atoms with van der Waals surface area (Å²) < 4.78 is 11.3. The number of carbonyl (C=O) groups is 3. The number of aromatic nitrogens is 5. The average Bonchev–Trinajstić information content (AvgIpc) is 4.18. The Morgan fingerprint density at radius 3 is 2.13 bits per heavy atom. The number of amides is 3. The summed E-state index contributed by atoms with van der Waals surface area (Å²) >= 11 is 0. The first kappa shape index (κ1) is 40.2. The molecule has 0 saturated carbocycles. The van der Waals surface area contributed by atoms with Crippen molar-refractivity contribution >= 4 is 40.0 Å². The minimum atomic E-state index is -0.902. The van der Waals surface area contributed by atoms with Gasteiger partial charge in [0.1, 0.15) is 29.2 Å². The Balaban J connectivity index is 0.888. The summed E-state index contributed by atoms with van der Waals surface area (Å²) in [6, 6.07) is 29.4. The van der Waals surface area contributed by atoms with Crippen LogP contribution in [0.5, 0.6) is 0 Å². The molecule has 0 radical (unpaired) electrons. The van der Waals surface area contributed by atoms with Crippen LogP contribution in [0.3, 0.4) is 0 Å². The normalized spacial score (nSPS) is 19.5. The number of fused-ring (bicyclic) bond motifs is 2. The van der Waals surface area contributed by atoms with Crippen LogP contribution in [-0.4, -0.2) is 116 Å². The molecule has 3 aliphatic heterocycles. The maximum absolute atomic E-state index is 14.6. The van der Waals surface area contributed by atoms with E-state index >= 15 is 0 Å². The highest BCUT2D eigenvalue weighted by Crippen LogP contribution is 2.39. The van der Waals surface area contributed by atoms with Gasteiger partial charge in [-0.05, 0) is 74.2 Å². The summed E-state index contributed by atoms with van der Waals surface area (Å²) in [5.74, 6) is 2.34. The monoisotopic (exact) mass is 846 g/mol. The van der Waals surface area contributed by atoms with E-state index < -0.39 is 12.1 Å². The molecule has 3 N–H and O–H groups in total. The third-order valence-electron chi connectivity index (χ3n) is 12.8. The van der Waals surface area contributed by atoms with Crippen LogP contribution in [0.1, 0.15) is 72.6 Å². The van der Waals surface area contributed by atoms with E-state index in [1.54, 1.807) is 11.1 Å². The van der Waals surface area contributed by atoms with E-state index in [-0.39, 0.29) is 29.9 Å². The minimum absolute atomic E-state index is 0.117. The lowest BCUT2D eigenvalue weighted by Crippen LogP contribution is -2.50. The van der Waals surface area contributed by atoms with Gasteiger partial charge in [-0.15, -0.1) is 0 Å². The zero-order valence-corrected chi connectivity index (χ0v) is 35.4. The number of hydrogen-bond donors (Lipinski definition) is 3. The van der Waals surface area contributed by atoms with Gasteiger partial charge in [-0.3, -0.25) is 14.5 Å². The number of hydrogen-bond acceptors (Lipinski definition) is 10. The lowest BCUT2D eigenvalue weighted by Gasteiger charge is -2.39. The van der Waals surface area contributed by atoms with Crippen molar-refractivity contribution in [3.63, 3.8) is 0 Å². The second kappa shape index (κ2) is 17.1.